The van der Waals surface area contributed by atoms with Crippen molar-refractivity contribution in [2.24, 2.45) is 0 Å². The largest absolute Gasteiger partial charge is 0.497 e. The van der Waals surface area contributed by atoms with Crippen LogP contribution in [-0.2, 0) is 0 Å². The molecule has 0 atom stereocenters. The van der Waals surface area contributed by atoms with Crippen molar-refractivity contribution in [2.45, 2.75) is 0 Å². The molecule has 4 nitrogen and oxygen atoms in total. The molecule has 0 unspecified atom stereocenters. The Morgan fingerprint density at radius 3 is 3.00 bits per heavy atom. The van der Waals surface area contributed by atoms with Gasteiger partial charge in [0.05, 0.1) is 19.0 Å². The number of nitriles is 1. The Morgan fingerprint density at radius 1 is 1.40 bits per heavy atom. The molecular weight excluding hydrogens is 190 g/mol. The van der Waals surface area contributed by atoms with E-state index in [4.69, 9.17) is 10.00 Å². The van der Waals surface area contributed by atoms with Gasteiger partial charge in [-0.25, -0.2) is 4.68 Å². The Balaban J connectivity index is 2.50. The lowest BCUT2D eigenvalue weighted by Crippen LogP contribution is -1.99. The Kier molecular flexibility index (Phi) is 2.38. The molecule has 0 bridgehead atoms. The first kappa shape index (κ1) is 9.28. The van der Waals surface area contributed by atoms with E-state index in [0.717, 1.165) is 11.4 Å². The summed E-state index contributed by atoms with van der Waals surface area (Å²) in [4.78, 5) is 0. The minimum atomic E-state index is 0.503. The van der Waals surface area contributed by atoms with Gasteiger partial charge in [0.25, 0.3) is 0 Å². The average Bonchev–Trinajstić information content (AvgIpc) is 2.77. The number of hydrogen-bond acceptors (Lipinski definition) is 3. The second-order valence-electron chi connectivity index (χ2n) is 2.94. The number of nitrogens with zero attached hydrogens (tertiary/aromatic N) is 3. The first-order valence-electron chi connectivity index (χ1n) is 4.43. The first-order valence-corrected chi connectivity index (χ1v) is 4.43. The maximum atomic E-state index is 8.85. The molecule has 1 aromatic carbocycles. The van der Waals surface area contributed by atoms with Crippen LogP contribution in [0.15, 0.2) is 36.5 Å². The van der Waals surface area contributed by atoms with Crippen molar-refractivity contribution in [3.63, 3.8) is 0 Å². The minimum Gasteiger partial charge on any atom is -0.497 e. The van der Waals surface area contributed by atoms with Gasteiger partial charge in [0.2, 0.25) is 0 Å². The van der Waals surface area contributed by atoms with Crippen LogP contribution in [-0.4, -0.2) is 16.9 Å². The fourth-order valence-corrected chi connectivity index (χ4v) is 1.34. The molecule has 0 fully saturated rings. The lowest BCUT2D eigenvalue weighted by Gasteiger charge is -2.04. The monoisotopic (exact) mass is 199 g/mol. The summed E-state index contributed by atoms with van der Waals surface area (Å²) in [5, 5.41) is 12.9. The molecule has 74 valence electrons. The van der Waals surface area contributed by atoms with Crippen LogP contribution in [0.25, 0.3) is 5.69 Å². The number of benzene rings is 1. The number of methoxy groups -OCH3 is 1. The third-order valence-electron chi connectivity index (χ3n) is 2.06. The first-order chi connectivity index (χ1) is 7.35. The molecule has 0 aliphatic heterocycles. The molecule has 0 N–H and O–H groups in total. The zero-order chi connectivity index (χ0) is 10.7. The number of hydrogen-bond donors (Lipinski definition) is 0. The van der Waals surface area contributed by atoms with Crippen LogP contribution in [0.5, 0.6) is 5.75 Å². The van der Waals surface area contributed by atoms with Gasteiger partial charge < -0.3 is 4.74 Å². The predicted molar refractivity (Wildman–Crippen MR) is 54.8 cm³/mol. The molecule has 1 aromatic heterocycles. The molecule has 4 heteroatoms. The predicted octanol–water partition coefficient (Wildman–Crippen LogP) is 1.75. The van der Waals surface area contributed by atoms with Crippen LogP contribution in [0, 0.1) is 11.3 Å². The molecule has 2 rings (SSSR count). The Hall–Kier alpha value is -2.28. The van der Waals surface area contributed by atoms with Crippen molar-refractivity contribution in [3.8, 4) is 17.5 Å². The topological polar surface area (TPSA) is 50.8 Å². The van der Waals surface area contributed by atoms with E-state index < -0.39 is 0 Å². The summed E-state index contributed by atoms with van der Waals surface area (Å²) >= 11 is 0. The third-order valence-corrected chi connectivity index (χ3v) is 2.06. The van der Waals surface area contributed by atoms with E-state index >= 15 is 0 Å². The van der Waals surface area contributed by atoms with Gasteiger partial charge in [0.1, 0.15) is 17.5 Å². The fourth-order valence-electron chi connectivity index (χ4n) is 1.34. The molecule has 0 amide bonds. The average molecular weight is 199 g/mol. The molecule has 0 radical (unpaired) electrons. The quantitative estimate of drug-likeness (QED) is 0.740. The summed E-state index contributed by atoms with van der Waals surface area (Å²) in [5.74, 6) is 0.742. The van der Waals surface area contributed by atoms with Crippen LogP contribution in [0.2, 0.25) is 0 Å². The maximum absolute atomic E-state index is 8.85. The number of rotatable bonds is 2. The SMILES string of the molecule is COc1cccc(-n2nccc2C#N)c1. The van der Waals surface area contributed by atoms with E-state index in [1.54, 1.807) is 24.1 Å². The van der Waals surface area contributed by atoms with Gasteiger partial charge in [-0.2, -0.15) is 10.4 Å². The van der Waals surface area contributed by atoms with E-state index in [1.165, 1.54) is 0 Å². The molecule has 0 saturated heterocycles. The zero-order valence-corrected chi connectivity index (χ0v) is 8.21. The lowest BCUT2D eigenvalue weighted by molar-refractivity contribution is 0.414. The van der Waals surface area contributed by atoms with Crippen molar-refractivity contribution in [3.05, 3.63) is 42.2 Å². The Bertz CT molecular complexity index is 511. The maximum Gasteiger partial charge on any atom is 0.144 e. The van der Waals surface area contributed by atoms with Gasteiger partial charge in [-0.15, -0.1) is 0 Å². The van der Waals surface area contributed by atoms with Gasteiger partial charge in [-0.3, -0.25) is 0 Å². The molecule has 0 saturated carbocycles. The Labute approximate surface area is 87.3 Å². The van der Waals surface area contributed by atoms with Crippen molar-refractivity contribution in [2.75, 3.05) is 7.11 Å². The summed E-state index contributed by atoms with van der Waals surface area (Å²) in [6.07, 6.45) is 1.60. The van der Waals surface area contributed by atoms with Crippen LogP contribution >= 0.6 is 0 Å². The van der Waals surface area contributed by atoms with E-state index in [0.29, 0.717) is 5.69 Å². The molecule has 0 spiro atoms. The van der Waals surface area contributed by atoms with Crippen molar-refractivity contribution in [1.82, 2.24) is 9.78 Å². The molecule has 1 heterocycles. The van der Waals surface area contributed by atoms with E-state index in [2.05, 4.69) is 11.2 Å². The molecular formula is C11H9N3O. The van der Waals surface area contributed by atoms with E-state index in [9.17, 15) is 0 Å². The summed E-state index contributed by atoms with van der Waals surface area (Å²) in [7, 11) is 1.60. The zero-order valence-electron chi connectivity index (χ0n) is 8.21. The third kappa shape index (κ3) is 1.67. The van der Waals surface area contributed by atoms with Crippen LogP contribution < -0.4 is 4.74 Å². The molecule has 15 heavy (non-hydrogen) atoms. The second-order valence-corrected chi connectivity index (χ2v) is 2.94. The highest BCUT2D eigenvalue weighted by atomic mass is 16.5. The highest BCUT2D eigenvalue weighted by molar-refractivity contribution is 5.41. The minimum absolute atomic E-state index is 0.503. The molecule has 0 aliphatic carbocycles. The van der Waals surface area contributed by atoms with Gasteiger partial charge in [-0.1, -0.05) is 6.07 Å². The van der Waals surface area contributed by atoms with Gasteiger partial charge in [0, 0.05) is 6.07 Å². The fraction of sp³-hybridized carbons (Fsp3) is 0.0909. The smallest absolute Gasteiger partial charge is 0.144 e. The Morgan fingerprint density at radius 2 is 2.27 bits per heavy atom. The summed E-state index contributed by atoms with van der Waals surface area (Å²) in [5.41, 5.74) is 1.32. The van der Waals surface area contributed by atoms with E-state index in [1.807, 2.05) is 24.3 Å². The van der Waals surface area contributed by atoms with Gasteiger partial charge >= 0.3 is 0 Å². The van der Waals surface area contributed by atoms with Crippen LogP contribution in [0.1, 0.15) is 5.69 Å². The number of aromatic nitrogens is 2. The van der Waals surface area contributed by atoms with Crippen molar-refractivity contribution < 1.29 is 4.74 Å². The van der Waals surface area contributed by atoms with Gasteiger partial charge in [0.15, 0.2) is 0 Å². The molecule has 2 aromatic rings. The summed E-state index contributed by atoms with van der Waals surface area (Å²) in [6, 6.07) is 11.1. The second kappa shape index (κ2) is 3.84. The highest BCUT2D eigenvalue weighted by Gasteiger charge is 2.04. The van der Waals surface area contributed by atoms with Crippen molar-refractivity contribution in [1.29, 1.82) is 5.26 Å². The van der Waals surface area contributed by atoms with Crippen LogP contribution in [0.4, 0.5) is 0 Å². The molecule has 0 aliphatic rings. The van der Waals surface area contributed by atoms with Gasteiger partial charge in [-0.05, 0) is 18.2 Å². The number of ether oxygens (including phenoxy) is 1. The summed E-state index contributed by atoms with van der Waals surface area (Å²) in [6.45, 7) is 0. The normalized spacial score (nSPS) is 9.60. The summed E-state index contributed by atoms with van der Waals surface area (Å²) < 4.78 is 6.67. The standard InChI is InChI=1S/C11H9N3O/c1-15-11-4-2-3-9(7-11)14-10(8-12)5-6-13-14/h2-7H,1H3. The van der Waals surface area contributed by atoms with E-state index in [-0.39, 0.29) is 0 Å². The lowest BCUT2D eigenvalue weighted by atomic mass is 10.3. The van der Waals surface area contributed by atoms with Crippen molar-refractivity contribution >= 4 is 0 Å². The highest BCUT2D eigenvalue weighted by Crippen LogP contribution is 2.16. The van der Waals surface area contributed by atoms with Crippen LogP contribution in [0.3, 0.4) is 0 Å².